The minimum atomic E-state index is -0.569. The van der Waals surface area contributed by atoms with Gasteiger partial charge in [-0.1, -0.05) is 0 Å². The molecule has 166 valence electrons. The number of aliphatic imine (C=N–C) groups is 1. The monoisotopic (exact) mass is 421 g/mol. The molecule has 0 aliphatic carbocycles. The number of hydrogen-bond acceptors (Lipinski definition) is 3. The van der Waals surface area contributed by atoms with Crippen molar-refractivity contribution in [1.82, 2.24) is 15.5 Å². The number of guanidine groups is 1. The lowest BCUT2D eigenvalue weighted by Crippen LogP contribution is -2.45. The van der Waals surface area contributed by atoms with E-state index in [0.29, 0.717) is 50.3 Å². The molecule has 0 aromatic heterocycles. The van der Waals surface area contributed by atoms with Gasteiger partial charge in [-0.25, -0.2) is 8.78 Å². The quantitative estimate of drug-likeness (QED) is 0.548. The highest BCUT2D eigenvalue weighted by atomic mass is 19.1. The smallest absolute Gasteiger partial charge is 0.224 e. The first-order valence-electron chi connectivity index (χ1n) is 11.0. The van der Waals surface area contributed by atoms with E-state index < -0.39 is 11.6 Å². The molecular formula is C22H33F2N5O. The van der Waals surface area contributed by atoms with Gasteiger partial charge in [-0.15, -0.1) is 0 Å². The predicted molar refractivity (Wildman–Crippen MR) is 116 cm³/mol. The summed E-state index contributed by atoms with van der Waals surface area (Å²) < 4.78 is 27.2. The molecule has 6 nitrogen and oxygen atoms in total. The van der Waals surface area contributed by atoms with Gasteiger partial charge < -0.3 is 20.4 Å². The summed E-state index contributed by atoms with van der Waals surface area (Å²) >= 11 is 0. The fraction of sp³-hybridized carbons (Fsp3) is 0.636. The topological polar surface area (TPSA) is 60.0 Å². The van der Waals surface area contributed by atoms with Crippen molar-refractivity contribution in [2.24, 2.45) is 4.99 Å². The summed E-state index contributed by atoms with van der Waals surface area (Å²) in [4.78, 5) is 21.0. The molecular weight excluding hydrogens is 388 g/mol. The zero-order chi connectivity index (χ0) is 21.5. The zero-order valence-corrected chi connectivity index (χ0v) is 18.0. The number of likely N-dealkylation sites (tertiary alicyclic amines) is 1. The van der Waals surface area contributed by atoms with E-state index in [2.05, 4.69) is 22.5 Å². The summed E-state index contributed by atoms with van der Waals surface area (Å²) in [5.41, 5.74) is 0.420. The van der Waals surface area contributed by atoms with E-state index in [1.54, 1.807) is 0 Å². The number of benzene rings is 1. The zero-order valence-electron chi connectivity index (χ0n) is 18.0. The van der Waals surface area contributed by atoms with Crippen LogP contribution in [0.5, 0.6) is 0 Å². The molecule has 2 saturated heterocycles. The Morgan fingerprint density at radius 1 is 1.23 bits per heavy atom. The van der Waals surface area contributed by atoms with Crippen LogP contribution in [0.25, 0.3) is 0 Å². The lowest BCUT2D eigenvalue weighted by Gasteiger charge is -2.33. The normalized spacial score (nSPS) is 22.3. The lowest BCUT2D eigenvalue weighted by molar-refractivity contribution is -0.134. The van der Waals surface area contributed by atoms with Crippen LogP contribution >= 0.6 is 0 Å². The molecule has 1 amide bonds. The fourth-order valence-corrected chi connectivity index (χ4v) is 4.22. The highest BCUT2D eigenvalue weighted by Gasteiger charge is 2.26. The van der Waals surface area contributed by atoms with E-state index in [0.717, 1.165) is 31.9 Å². The Morgan fingerprint density at radius 3 is 2.80 bits per heavy atom. The second-order valence-electron chi connectivity index (χ2n) is 8.11. The fourth-order valence-electron chi connectivity index (χ4n) is 4.22. The molecule has 2 atom stereocenters. The van der Waals surface area contributed by atoms with Crippen molar-refractivity contribution in [3.8, 4) is 0 Å². The van der Waals surface area contributed by atoms with Gasteiger partial charge >= 0.3 is 0 Å². The first-order valence-corrected chi connectivity index (χ1v) is 11.0. The minimum Gasteiger partial charge on any atom is -0.367 e. The van der Waals surface area contributed by atoms with Crippen LogP contribution in [-0.4, -0.2) is 61.6 Å². The van der Waals surface area contributed by atoms with Crippen LogP contribution in [0, 0.1) is 11.6 Å². The van der Waals surface area contributed by atoms with Crippen LogP contribution in [0.15, 0.2) is 23.2 Å². The van der Waals surface area contributed by atoms with E-state index in [-0.39, 0.29) is 11.9 Å². The number of halogens is 2. The summed E-state index contributed by atoms with van der Waals surface area (Å²) in [6, 6.07) is 4.11. The van der Waals surface area contributed by atoms with Crippen LogP contribution in [0.3, 0.4) is 0 Å². The molecule has 1 aromatic rings. The molecule has 0 radical (unpaired) electrons. The van der Waals surface area contributed by atoms with E-state index in [1.807, 2.05) is 16.7 Å². The van der Waals surface area contributed by atoms with E-state index in [1.165, 1.54) is 18.6 Å². The molecule has 2 unspecified atom stereocenters. The highest BCUT2D eigenvalue weighted by molar-refractivity contribution is 5.81. The third-order valence-electron chi connectivity index (χ3n) is 5.84. The number of anilines is 1. The van der Waals surface area contributed by atoms with Crippen molar-refractivity contribution in [3.05, 3.63) is 29.8 Å². The molecule has 1 aromatic carbocycles. The third-order valence-corrected chi connectivity index (χ3v) is 5.84. The largest absolute Gasteiger partial charge is 0.367 e. The average molecular weight is 422 g/mol. The van der Waals surface area contributed by atoms with Gasteiger partial charge in [0.15, 0.2) is 5.96 Å². The van der Waals surface area contributed by atoms with Crippen LogP contribution in [0.1, 0.15) is 46.0 Å². The van der Waals surface area contributed by atoms with Crippen molar-refractivity contribution < 1.29 is 13.6 Å². The molecule has 2 heterocycles. The van der Waals surface area contributed by atoms with Gasteiger partial charge in [-0.2, -0.15) is 0 Å². The van der Waals surface area contributed by atoms with Gasteiger partial charge in [0, 0.05) is 50.7 Å². The number of nitrogens with zero attached hydrogens (tertiary/aromatic N) is 3. The van der Waals surface area contributed by atoms with Crippen LogP contribution < -0.4 is 15.5 Å². The molecule has 8 heteroatoms. The van der Waals surface area contributed by atoms with Gasteiger partial charge in [0.25, 0.3) is 0 Å². The first kappa shape index (κ1) is 22.3. The summed E-state index contributed by atoms with van der Waals surface area (Å²) in [5, 5.41) is 6.60. The van der Waals surface area contributed by atoms with Crippen LogP contribution in [-0.2, 0) is 4.79 Å². The standard InChI is InChI=1S/C22H33F2N5O/c1-3-25-22(26-11-9-21(30)29-12-5-4-6-16(29)2)27-18-10-13-28(15-18)20-8-7-17(23)14-19(20)24/h7-8,14,16,18H,3-6,9-13,15H2,1-2H3,(H2,25,26,27). The number of rotatable bonds is 6. The summed E-state index contributed by atoms with van der Waals surface area (Å²) in [5.74, 6) is -0.272. The Hall–Kier alpha value is -2.38. The number of carbonyl (C=O) groups excluding carboxylic acids is 1. The van der Waals surface area contributed by atoms with Crippen molar-refractivity contribution in [2.45, 2.75) is 58.0 Å². The number of hydrogen-bond donors (Lipinski definition) is 2. The van der Waals surface area contributed by atoms with Gasteiger partial charge in [0.05, 0.1) is 12.2 Å². The first-order chi connectivity index (χ1) is 14.5. The molecule has 2 fully saturated rings. The predicted octanol–water partition coefficient (Wildman–Crippen LogP) is 2.89. The average Bonchev–Trinajstić information content (AvgIpc) is 3.16. The number of carbonyl (C=O) groups is 1. The molecule has 0 spiro atoms. The van der Waals surface area contributed by atoms with Crippen molar-refractivity contribution in [3.63, 3.8) is 0 Å². The number of piperidine rings is 1. The SMILES string of the molecule is CCNC(=NCCC(=O)N1CCCCC1C)NC1CCN(c2ccc(F)cc2F)C1. The summed E-state index contributed by atoms with van der Waals surface area (Å²) in [6.45, 7) is 7.39. The minimum absolute atomic E-state index is 0.102. The van der Waals surface area contributed by atoms with Crippen LogP contribution in [0.2, 0.25) is 0 Å². The molecule has 0 saturated carbocycles. The molecule has 2 aliphatic rings. The molecule has 0 bridgehead atoms. The second-order valence-corrected chi connectivity index (χ2v) is 8.11. The Kier molecular flexibility index (Phi) is 7.87. The van der Waals surface area contributed by atoms with E-state index in [4.69, 9.17) is 0 Å². The van der Waals surface area contributed by atoms with Gasteiger partial charge in [-0.3, -0.25) is 9.79 Å². The van der Waals surface area contributed by atoms with E-state index in [9.17, 15) is 13.6 Å². The van der Waals surface area contributed by atoms with E-state index >= 15 is 0 Å². The van der Waals surface area contributed by atoms with Gasteiger partial charge in [-0.05, 0) is 51.7 Å². The van der Waals surface area contributed by atoms with Crippen molar-refractivity contribution >= 4 is 17.6 Å². The molecule has 3 rings (SSSR count). The summed E-state index contributed by atoms with van der Waals surface area (Å²) in [6.07, 6.45) is 4.57. The third kappa shape index (κ3) is 5.83. The summed E-state index contributed by atoms with van der Waals surface area (Å²) in [7, 11) is 0. The molecule has 2 aliphatic heterocycles. The second kappa shape index (κ2) is 10.6. The highest BCUT2D eigenvalue weighted by Crippen LogP contribution is 2.24. The lowest BCUT2D eigenvalue weighted by atomic mass is 10.0. The van der Waals surface area contributed by atoms with Gasteiger partial charge in [0.2, 0.25) is 5.91 Å². The maximum absolute atomic E-state index is 14.1. The van der Waals surface area contributed by atoms with Crippen LogP contribution in [0.4, 0.5) is 14.5 Å². The molecule has 2 N–H and O–H groups in total. The Morgan fingerprint density at radius 2 is 2.07 bits per heavy atom. The number of amides is 1. The Balaban J connectivity index is 1.51. The Bertz CT molecular complexity index is 757. The Labute approximate surface area is 177 Å². The molecule has 30 heavy (non-hydrogen) atoms. The van der Waals surface area contributed by atoms with Crippen molar-refractivity contribution in [1.29, 1.82) is 0 Å². The maximum atomic E-state index is 14.1. The maximum Gasteiger partial charge on any atom is 0.224 e. The number of nitrogens with one attached hydrogen (secondary N) is 2. The van der Waals surface area contributed by atoms with Crippen molar-refractivity contribution in [2.75, 3.05) is 37.6 Å². The van der Waals surface area contributed by atoms with Gasteiger partial charge in [0.1, 0.15) is 11.6 Å².